The molecule has 90 valence electrons. The van der Waals surface area contributed by atoms with Crippen molar-refractivity contribution in [2.45, 2.75) is 25.7 Å². The minimum atomic E-state index is -4.53. The van der Waals surface area contributed by atoms with Crippen LogP contribution in [0.25, 0.3) is 0 Å². The molecular formula is C9H15ClF3NO. The van der Waals surface area contributed by atoms with Crippen LogP contribution < -0.4 is 0 Å². The summed E-state index contributed by atoms with van der Waals surface area (Å²) in [6.45, 7) is 2.85. The van der Waals surface area contributed by atoms with Gasteiger partial charge >= 0.3 is 6.36 Å². The molecule has 0 radical (unpaired) electrons. The number of likely N-dealkylation sites (tertiary alicyclic amines) is 1. The lowest BCUT2D eigenvalue weighted by molar-refractivity contribution is -0.325. The van der Waals surface area contributed by atoms with Crippen molar-refractivity contribution in [3.8, 4) is 0 Å². The molecule has 0 aromatic carbocycles. The molecule has 15 heavy (non-hydrogen) atoms. The molecule has 0 aliphatic carbocycles. The quantitative estimate of drug-likeness (QED) is 0.706. The van der Waals surface area contributed by atoms with E-state index in [1.807, 2.05) is 4.90 Å². The van der Waals surface area contributed by atoms with Gasteiger partial charge in [-0.15, -0.1) is 24.8 Å². The molecule has 0 aromatic rings. The van der Waals surface area contributed by atoms with Gasteiger partial charge in [0, 0.05) is 18.5 Å². The molecule has 0 spiro atoms. The van der Waals surface area contributed by atoms with E-state index in [-0.39, 0.29) is 12.6 Å². The summed E-state index contributed by atoms with van der Waals surface area (Å²) in [5, 5.41) is 0. The van der Waals surface area contributed by atoms with Gasteiger partial charge in [-0.3, -0.25) is 9.64 Å². The highest BCUT2D eigenvalue weighted by Crippen LogP contribution is 2.25. The van der Waals surface area contributed by atoms with E-state index in [2.05, 4.69) is 11.7 Å². The Bertz CT molecular complexity index is 200. The Balaban J connectivity index is 2.27. The van der Waals surface area contributed by atoms with Crippen LogP contribution in [-0.4, -0.2) is 42.9 Å². The van der Waals surface area contributed by atoms with Gasteiger partial charge in [-0.05, 0) is 18.9 Å². The van der Waals surface area contributed by atoms with E-state index in [1.54, 1.807) is 0 Å². The van der Waals surface area contributed by atoms with Gasteiger partial charge in [-0.1, -0.05) is 6.92 Å². The monoisotopic (exact) mass is 245 g/mol. The molecule has 0 bridgehead atoms. The van der Waals surface area contributed by atoms with Gasteiger partial charge in [0.05, 0.1) is 6.61 Å². The zero-order valence-corrected chi connectivity index (χ0v) is 9.31. The number of hydrogen-bond donors (Lipinski definition) is 0. The second-order valence-electron chi connectivity index (χ2n) is 3.82. The van der Waals surface area contributed by atoms with Crippen molar-refractivity contribution >= 4 is 11.6 Å². The molecule has 2 atom stereocenters. The number of hydrogen-bond acceptors (Lipinski definition) is 2. The van der Waals surface area contributed by atoms with Gasteiger partial charge in [-0.2, -0.15) is 0 Å². The molecule has 1 heterocycles. The van der Waals surface area contributed by atoms with Crippen LogP contribution in [0.2, 0.25) is 0 Å². The maximum atomic E-state index is 11.7. The van der Waals surface area contributed by atoms with E-state index in [0.717, 1.165) is 13.0 Å². The molecule has 0 amide bonds. The van der Waals surface area contributed by atoms with E-state index in [9.17, 15) is 13.2 Å². The molecule has 0 aromatic heterocycles. The summed E-state index contributed by atoms with van der Waals surface area (Å²) in [5.74, 6) is 0.918. The van der Waals surface area contributed by atoms with Crippen molar-refractivity contribution in [3.63, 3.8) is 0 Å². The van der Waals surface area contributed by atoms with E-state index in [0.29, 0.717) is 18.3 Å². The van der Waals surface area contributed by atoms with Crippen molar-refractivity contribution < 1.29 is 17.9 Å². The van der Waals surface area contributed by atoms with Crippen LogP contribution in [0.1, 0.15) is 13.3 Å². The molecule has 0 saturated carbocycles. The lowest BCUT2D eigenvalue weighted by Crippen LogP contribution is -2.36. The summed E-state index contributed by atoms with van der Waals surface area (Å²) in [7, 11) is 0. The zero-order valence-electron chi connectivity index (χ0n) is 8.56. The Morgan fingerprint density at radius 1 is 1.47 bits per heavy atom. The van der Waals surface area contributed by atoms with Crippen LogP contribution in [0.5, 0.6) is 0 Å². The Morgan fingerprint density at radius 3 is 2.67 bits per heavy atom. The van der Waals surface area contributed by atoms with Crippen molar-refractivity contribution in [2.75, 3.05) is 25.6 Å². The van der Waals surface area contributed by atoms with Gasteiger partial charge in [-0.25, -0.2) is 0 Å². The predicted molar refractivity (Wildman–Crippen MR) is 51.9 cm³/mol. The Morgan fingerprint density at radius 2 is 2.13 bits per heavy atom. The molecule has 1 rings (SSSR count). The zero-order chi connectivity index (χ0) is 11.5. The molecule has 1 aliphatic rings. The van der Waals surface area contributed by atoms with E-state index in [4.69, 9.17) is 11.6 Å². The molecular weight excluding hydrogens is 231 g/mol. The fourth-order valence-corrected chi connectivity index (χ4v) is 2.39. The Labute approximate surface area is 92.3 Å². The minimum Gasteiger partial charge on any atom is -0.297 e. The highest BCUT2D eigenvalue weighted by molar-refractivity contribution is 6.18. The average molecular weight is 246 g/mol. The van der Waals surface area contributed by atoms with Crippen LogP contribution in [0.3, 0.4) is 0 Å². The number of alkyl halides is 4. The summed E-state index contributed by atoms with van der Waals surface area (Å²) < 4.78 is 38.9. The van der Waals surface area contributed by atoms with Crippen molar-refractivity contribution in [3.05, 3.63) is 0 Å². The van der Waals surface area contributed by atoms with Crippen molar-refractivity contribution in [1.29, 1.82) is 0 Å². The van der Waals surface area contributed by atoms with E-state index >= 15 is 0 Å². The van der Waals surface area contributed by atoms with Gasteiger partial charge in [0.1, 0.15) is 0 Å². The first-order valence-electron chi connectivity index (χ1n) is 4.94. The fraction of sp³-hybridized carbons (Fsp3) is 1.00. The maximum Gasteiger partial charge on any atom is 0.522 e. The van der Waals surface area contributed by atoms with Crippen molar-refractivity contribution in [1.82, 2.24) is 4.90 Å². The van der Waals surface area contributed by atoms with Gasteiger partial charge in [0.25, 0.3) is 0 Å². The van der Waals surface area contributed by atoms with Crippen LogP contribution in [0.15, 0.2) is 0 Å². The number of halogens is 4. The third kappa shape index (κ3) is 4.17. The molecule has 1 aliphatic heterocycles. The summed E-state index contributed by atoms with van der Waals surface area (Å²) in [6, 6.07) is 0.184. The Hall–Kier alpha value is -0.0000000000000000555. The first-order valence-corrected chi connectivity index (χ1v) is 5.48. The highest BCUT2D eigenvalue weighted by Gasteiger charge is 2.32. The molecule has 1 fully saturated rings. The second-order valence-corrected chi connectivity index (χ2v) is 4.13. The van der Waals surface area contributed by atoms with Crippen LogP contribution in [-0.2, 0) is 4.74 Å². The molecule has 1 saturated heterocycles. The normalized spacial score (nSPS) is 28.6. The lowest BCUT2D eigenvalue weighted by Gasteiger charge is -2.24. The first kappa shape index (κ1) is 13.1. The van der Waals surface area contributed by atoms with Crippen LogP contribution in [0, 0.1) is 5.92 Å². The third-order valence-electron chi connectivity index (χ3n) is 2.80. The molecule has 0 N–H and O–H groups in total. The summed E-state index contributed by atoms with van der Waals surface area (Å²) >= 11 is 5.76. The van der Waals surface area contributed by atoms with E-state index in [1.165, 1.54) is 0 Å². The van der Waals surface area contributed by atoms with Gasteiger partial charge < -0.3 is 0 Å². The smallest absolute Gasteiger partial charge is 0.297 e. The maximum absolute atomic E-state index is 11.7. The first-order chi connectivity index (χ1) is 6.94. The topological polar surface area (TPSA) is 12.5 Å². The summed E-state index contributed by atoms with van der Waals surface area (Å²) in [6.07, 6.45) is -3.54. The molecule has 6 heteroatoms. The summed E-state index contributed by atoms with van der Waals surface area (Å²) in [4.78, 5) is 1.96. The lowest BCUT2D eigenvalue weighted by atomic mass is 10.1. The second kappa shape index (κ2) is 5.37. The molecule has 2 unspecified atom stereocenters. The number of rotatable bonds is 4. The van der Waals surface area contributed by atoms with Gasteiger partial charge in [0.2, 0.25) is 0 Å². The number of nitrogens with zero attached hydrogens (tertiary/aromatic N) is 1. The summed E-state index contributed by atoms with van der Waals surface area (Å²) in [5.41, 5.74) is 0. The SMILES string of the molecule is CC1CCN(CCOC(F)(F)F)C1CCl. The third-order valence-corrected chi connectivity index (χ3v) is 3.12. The molecule has 2 nitrogen and oxygen atoms in total. The number of ether oxygens (including phenoxy) is 1. The van der Waals surface area contributed by atoms with Gasteiger partial charge in [0.15, 0.2) is 0 Å². The van der Waals surface area contributed by atoms with Crippen LogP contribution >= 0.6 is 11.6 Å². The highest BCUT2D eigenvalue weighted by atomic mass is 35.5. The largest absolute Gasteiger partial charge is 0.522 e. The van der Waals surface area contributed by atoms with E-state index < -0.39 is 6.36 Å². The standard InChI is InChI=1S/C9H15ClF3NO/c1-7-2-3-14(8(7)6-10)4-5-15-9(11,12)13/h7-8H,2-6H2,1H3. The average Bonchev–Trinajstić information content (AvgIpc) is 2.44. The fourth-order valence-electron chi connectivity index (χ4n) is 1.89. The predicted octanol–water partition coefficient (Wildman–Crippen LogP) is 2.47. The Kier molecular flexibility index (Phi) is 4.67. The van der Waals surface area contributed by atoms with Crippen molar-refractivity contribution in [2.24, 2.45) is 5.92 Å². The minimum absolute atomic E-state index is 0.184. The van der Waals surface area contributed by atoms with Crippen LogP contribution in [0.4, 0.5) is 13.2 Å².